The summed E-state index contributed by atoms with van der Waals surface area (Å²) in [6.45, 7) is 2.75. The molecule has 2 aliphatic rings. The number of fused-ring (bicyclic) bond motifs is 2. The van der Waals surface area contributed by atoms with Gasteiger partial charge in [-0.25, -0.2) is 9.50 Å². The van der Waals surface area contributed by atoms with Crippen LogP contribution in [0.25, 0.3) is 27.9 Å². The van der Waals surface area contributed by atoms with Crippen LogP contribution >= 0.6 is 11.3 Å². The van der Waals surface area contributed by atoms with Crippen LogP contribution in [0, 0.1) is 5.92 Å². The van der Waals surface area contributed by atoms with Crippen molar-refractivity contribution in [1.29, 1.82) is 0 Å². The molecule has 8 nitrogen and oxygen atoms in total. The molecule has 4 aromatic heterocycles. The first-order chi connectivity index (χ1) is 14.3. The van der Waals surface area contributed by atoms with Crippen LogP contribution in [0.15, 0.2) is 42.4 Å². The molecule has 0 bridgehead atoms. The van der Waals surface area contributed by atoms with Crippen molar-refractivity contribution in [3.8, 4) is 22.3 Å². The highest BCUT2D eigenvalue weighted by Crippen LogP contribution is 2.32. The predicted octanol–water partition coefficient (Wildman–Crippen LogP) is 2.92. The first-order valence-corrected chi connectivity index (χ1v) is 10.6. The lowest BCUT2D eigenvalue weighted by Gasteiger charge is -2.16. The molecule has 0 saturated carbocycles. The van der Waals surface area contributed by atoms with Gasteiger partial charge in [0, 0.05) is 54.4 Å². The normalized spacial score (nSPS) is 20.5. The van der Waals surface area contributed by atoms with E-state index in [2.05, 4.69) is 25.6 Å². The average Bonchev–Trinajstić information content (AvgIpc) is 3.54. The number of thiophene rings is 1. The first-order valence-electron chi connectivity index (χ1n) is 9.70. The van der Waals surface area contributed by atoms with Gasteiger partial charge in [0.25, 0.3) is 5.91 Å². The number of nitrogens with zero attached hydrogens (tertiary/aromatic N) is 5. The van der Waals surface area contributed by atoms with Crippen LogP contribution in [0.3, 0.4) is 0 Å². The molecule has 2 aliphatic heterocycles. The Labute approximate surface area is 177 Å². The highest BCUT2D eigenvalue weighted by Gasteiger charge is 2.38. The molecule has 1 amide bonds. The summed E-state index contributed by atoms with van der Waals surface area (Å²) < 4.78 is 1.77. The minimum Gasteiger partial charge on any atom is -0.336 e. The topological polar surface area (TPSA) is 91.2 Å². The molecule has 30 heavy (non-hydrogen) atoms. The smallest absolute Gasteiger partial charge is 0.264 e. The number of rotatable bonds is 3. The fraction of sp³-hybridized carbons (Fsp3) is 0.333. The summed E-state index contributed by atoms with van der Waals surface area (Å²) in [4.78, 5) is 20.3. The van der Waals surface area contributed by atoms with Crippen molar-refractivity contribution in [3.05, 3.63) is 47.3 Å². The molecule has 0 aromatic carbocycles. The van der Waals surface area contributed by atoms with Crippen LogP contribution in [-0.4, -0.2) is 61.3 Å². The maximum absolute atomic E-state index is 13.0. The van der Waals surface area contributed by atoms with Gasteiger partial charge in [-0.05, 0) is 35.9 Å². The summed E-state index contributed by atoms with van der Waals surface area (Å²) in [6.07, 6.45) is 10.3. The molecule has 0 radical (unpaired) electrons. The van der Waals surface area contributed by atoms with Crippen molar-refractivity contribution >= 4 is 22.9 Å². The highest BCUT2D eigenvalue weighted by molar-refractivity contribution is 7.12. The number of hydrogen-bond acceptors (Lipinski definition) is 6. The van der Waals surface area contributed by atoms with Gasteiger partial charge in [-0.15, -0.1) is 11.3 Å². The van der Waals surface area contributed by atoms with Crippen molar-refractivity contribution in [3.63, 3.8) is 0 Å². The average molecular weight is 422 g/mol. The van der Waals surface area contributed by atoms with Gasteiger partial charge in [-0.1, -0.05) is 7.43 Å². The summed E-state index contributed by atoms with van der Waals surface area (Å²) in [5.41, 5.74) is 4.59. The van der Waals surface area contributed by atoms with Crippen LogP contribution in [0.4, 0.5) is 0 Å². The Morgan fingerprint density at radius 1 is 1.17 bits per heavy atom. The number of nitrogens with one attached hydrogen (secondary N) is 2. The SMILES string of the molecule is C.O=C(c1cc(-c2cnn3cc(-c4cn[nH]c4)cnc23)cs1)N1CC2CCNC2C1. The van der Waals surface area contributed by atoms with E-state index in [4.69, 9.17) is 0 Å². The molecule has 0 aliphatic carbocycles. The second-order valence-electron chi connectivity index (χ2n) is 7.68. The zero-order valence-corrected chi connectivity index (χ0v) is 16.4. The molecule has 0 spiro atoms. The number of H-pyrrole nitrogens is 1. The summed E-state index contributed by atoms with van der Waals surface area (Å²) >= 11 is 1.49. The lowest BCUT2D eigenvalue weighted by Crippen LogP contribution is -2.33. The van der Waals surface area contributed by atoms with Gasteiger partial charge >= 0.3 is 0 Å². The Kier molecular flexibility index (Phi) is 4.63. The molecule has 2 atom stereocenters. The Bertz CT molecular complexity index is 1180. The van der Waals surface area contributed by atoms with Gasteiger partial charge in [-0.3, -0.25) is 9.89 Å². The lowest BCUT2D eigenvalue weighted by molar-refractivity contribution is 0.0787. The molecule has 6 heterocycles. The Hall–Kier alpha value is -3.04. The van der Waals surface area contributed by atoms with Crippen molar-refractivity contribution < 1.29 is 4.79 Å². The molecule has 2 unspecified atom stereocenters. The van der Waals surface area contributed by atoms with Crippen molar-refractivity contribution in [2.45, 2.75) is 19.9 Å². The number of aromatic amines is 1. The maximum Gasteiger partial charge on any atom is 0.264 e. The summed E-state index contributed by atoms with van der Waals surface area (Å²) in [5.74, 6) is 0.732. The zero-order valence-electron chi connectivity index (χ0n) is 15.6. The zero-order chi connectivity index (χ0) is 19.4. The standard InChI is InChI=1S/C20H19N7OS.CH4/c28-20(26-8-12-1-2-21-17(12)10-26)18-3-13(11-29-18)16-7-25-27-9-15(4-22-19(16)27)14-5-23-24-6-14;/h3-7,9,11-12,17,21H,1-2,8,10H2,(H,23,24);1H4. The van der Waals surface area contributed by atoms with Gasteiger partial charge in [0.15, 0.2) is 5.65 Å². The lowest BCUT2D eigenvalue weighted by atomic mass is 10.1. The summed E-state index contributed by atoms with van der Waals surface area (Å²) in [7, 11) is 0. The van der Waals surface area contributed by atoms with E-state index < -0.39 is 0 Å². The summed E-state index contributed by atoms with van der Waals surface area (Å²) in [5, 5.41) is 16.8. The van der Waals surface area contributed by atoms with Gasteiger partial charge in [0.2, 0.25) is 0 Å². The van der Waals surface area contributed by atoms with Crippen LogP contribution in [0.5, 0.6) is 0 Å². The minimum absolute atomic E-state index is 0. The van der Waals surface area contributed by atoms with E-state index in [1.807, 2.05) is 41.1 Å². The number of carbonyl (C=O) groups is 1. The van der Waals surface area contributed by atoms with E-state index in [9.17, 15) is 4.79 Å². The molecule has 4 aromatic rings. The predicted molar refractivity (Wildman–Crippen MR) is 116 cm³/mol. The minimum atomic E-state index is 0. The van der Waals surface area contributed by atoms with Crippen LogP contribution in [0.1, 0.15) is 23.5 Å². The molecule has 154 valence electrons. The van der Waals surface area contributed by atoms with Crippen molar-refractivity contribution in [1.82, 2.24) is 35.0 Å². The molecule has 9 heteroatoms. The van der Waals surface area contributed by atoms with E-state index in [1.165, 1.54) is 17.8 Å². The van der Waals surface area contributed by atoms with E-state index in [0.29, 0.717) is 12.0 Å². The second kappa shape index (κ2) is 7.33. The third kappa shape index (κ3) is 3.01. The molecular weight excluding hydrogens is 398 g/mol. The Balaban J connectivity index is 0.00000193. The van der Waals surface area contributed by atoms with Gasteiger partial charge in [0.05, 0.1) is 17.3 Å². The van der Waals surface area contributed by atoms with E-state index in [1.54, 1.807) is 10.7 Å². The molecule has 2 fully saturated rings. The van der Waals surface area contributed by atoms with Gasteiger partial charge in [-0.2, -0.15) is 10.2 Å². The fourth-order valence-electron chi connectivity index (χ4n) is 4.40. The van der Waals surface area contributed by atoms with Crippen molar-refractivity contribution in [2.75, 3.05) is 19.6 Å². The van der Waals surface area contributed by atoms with Gasteiger partial charge < -0.3 is 10.2 Å². The van der Waals surface area contributed by atoms with E-state index >= 15 is 0 Å². The number of likely N-dealkylation sites (tertiary alicyclic amines) is 1. The van der Waals surface area contributed by atoms with Crippen LogP contribution in [0.2, 0.25) is 0 Å². The van der Waals surface area contributed by atoms with E-state index in [0.717, 1.165) is 52.4 Å². The number of hydrogen-bond donors (Lipinski definition) is 2. The van der Waals surface area contributed by atoms with Gasteiger partial charge in [0.1, 0.15) is 0 Å². The summed E-state index contributed by atoms with van der Waals surface area (Å²) in [6, 6.07) is 2.43. The third-order valence-electron chi connectivity index (χ3n) is 5.96. The second-order valence-corrected chi connectivity index (χ2v) is 8.59. The largest absolute Gasteiger partial charge is 0.336 e. The molecule has 2 saturated heterocycles. The van der Waals surface area contributed by atoms with Crippen molar-refractivity contribution in [2.24, 2.45) is 5.92 Å². The molecule has 6 rings (SSSR count). The first kappa shape index (κ1) is 19.0. The Morgan fingerprint density at radius 3 is 2.93 bits per heavy atom. The fourth-order valence-corrected chi connectivity index (χ4v) is 5.27. The van der Waals surface area contributed by atoms with Crippen LogP contribution in [-0.2, 0) is 0 Å². The molecule has 2 N–H and O–H groups in total. The highest BCUT2D eigenvalue weighted by atomic mass is 32.1. The molecular formula is C21H23N7OS. The third-order valence-corrected chi connectivity index (χ3v) is 6.88. The number of amides is 1. The number of aromatic nitrogens is 5. The Morgan fingerprint density at radius 2 is 2.10 bits per heavy atom. The quantitative estimate of drug-likeness (QED) is 0.531. The maximum atomic E-state index is 13.0. The monoisotopic (exact) mass is 421 g/mol. The van der Waals surface area contributed by atoms with E-state index in [-0.39, 0.29) is 13.3 Å². The number of carbonyl (C=O) groups excluding carboxylic acids is 1. The van der Waals surface area contributed by atoms with Crippen LogP contribution < -0.4 is 5.32 Å².